The number of carbonyl (C=O) groups is 1. The van der Waals surface area contributed by atoms with Crippen LogP contribution < -0.4 is 9.64 Å². The van der Waals surface area contributed by atoms with Gasteiger partial charge in [0.1, 0.15) is 6.61 Å². The van der Waals surface area contributed by atoms with E-state index in [2.05, 4.69) is 13.8 Å². The molecule has 0 spiro atoms. The van der Waals surface area contributed by atoms with E-state index in [1.54, 1.807) is 12.1 Å². The SMILES string of the molecule is Cc1ccc(COc2c(Cl)cc(/C=C3\C(=O)N(CC(C)C)c4ccccc43)cc2Cl)cc1. The van der Waals surface area contributed by atoms with E-state index in [9.17, 15) is 4.79 Å². The van der Waals surface area contributed by atoms with Gasteiger partial charge in [-0.1, -0.05) is 85.1 Å². The quantitative estimate of drug-likeness (QED) is 0.354. The number of ether oxygens (including phenoxy) is 1. The smallest absolute Gasteiger partial charge is 0.259 e. The molecule has 1 aliphatic rings. The van der Waals surface area contributed by atoms with E-state index in [1.165, 1.54) is 5.56 Å². The Bertz CT molecular complexity index is 1160. The zero-order valence-corrected chi connectivity index (χ0v) is 19.9. The lowest BCUT2D eigenvalue weighted by molar-refractivity contribution is -0.113. The number of rotatable bonds is 6. The Morgan fingerprint density at radius 2 is 1.66 bits per heavy atom. The number of hydrogen-bond donors (Lipinski definition) is 0. The molecule has 0 fully saturated rings. The second kappa shape index (κ2) is 9.40. The lowest BCUT2D eigenvalue weighted by Crippen LogP contribution is -2.30. The van der Waals surface area contributed by atoms with Crippen molar-refractivity contribution in [2.45, 2.75) is 27.4 Å². The molecule has 1 heterocycles. The average molecular weight is 466 g/mol. The summed E-state index contributed by atoms with van der Waals surface area (Å²) in [4.78, 5) is 15.0. The van der Waals surface area contributed by atoms with Crippen molar-refractivity contribution in [1.82, 2.24) is 0 Å². The summed E-state index contributed by atoms with van der Waals surface area (Å²) in [5.41, 5.74) is 5.48. The summed E-state index contributed by atoms with van der Waals surface area (Å²) in [7, 11) is 0. The molecule has 5 heteroatoms. The van der Waals surface area contributed by atoms with Crippen LogP contribution in [0.4, 0.5) is 5.69 Å². The average Bonchev–Trinajstić information content (AvgIpc) is 3.00. The highest BCUT2D eigenvalue weighted by Gasteiger charge is 2.32. The number of fused-ring (bicyclic) bond motifs is 1. The van der Waals surface area contributed by atoms with Crippen LogP contribution in [0.25, 0.3) is 11.6 Å². The van der Waals surface area contributed by atoms with Crippen molar-refractivity contribution in [3.05, 3.63) is 93.0 Å². The highest BCUT2D eigenvalue weighted by Crippen LogP contribution is 2.40. The first-order valence-electron chi connectivity index (χ1n) is 10.6. The fraction of sp³-hybridized carbons (Fsp3) is 0.222. The molecule has 3 nitrogen and oxygen atoms in total. The lowest BCUT2D eigenvalue weighted by Gasteiger charge is -2.19. The Hall–Kier alpha value is -2.75. The molecule has 1 amide bonds. The van der Waals surface area contributed by atoms with Crippen molar-refractivity contribution in [1.29, 1.82) is 0 Å². The van der Waals surface area contributed by atoms with Gasteiger partial charge in [-0.25, -0.2) is 0 Å². The van der Waals surface area contributed by atoms with Crippen LogP contribution in [0.15, 0.2) is 60.7 Å². The Morgan fingerprint density at radius 3 is 2.31 bits per heavy atom. The lowest BCUT2D eigenvalue weighted by atomic mass is 10.0. The van der Waals surface area contributed by atoms with Crippen LogP contribution in [-0.4, -0.2) is 12.5 Å². The number of carbonyl (C=O) groups excluding carboxylic acids is 1. The van der Waals surface area contributed by atoms with Gasteiger partial charge in [0.05, 0.1) is 15.7 Å². The van der Waals surface area contributed by atoms with Crippen LogP contribution in [0.3, 0.4) is 0 Å². The Balaban J connectivity index is 1.62. The maximum atomic E-state index is 13.2. The second-order valence-electron chi connectivity index (χ2n) is 8.47. The topological polar surface area (TPSA) is 29.5 Å². The van der Waals surface area contributed by atoms with Crippen LogP contribution in [0.5, 0.6) is 5.75 Å². The van der Waals surface area contributed by atoms with E-state index in [0.717, 1.165) is 22.4 Å². The molecule has 0 aromatic heterocycles. The molecular formula is C27H25Cl2NO2. The number of para-hydroxylation sites is 1. The predicted molar refractivity (Wildman–Crippen MR) is 133 cm³/mol. The number of nitrogens with zero attached hydrogens (tertiary/aromatic N) is 1. The fourth-order valence-electron chi connectivity index (χ4n) is 3.80. The van der Waals surface area contributed by atoms with Crippen LogP contribution in [0, 0.1) is 12.8 Å². The summed E-state index contributed by atoms with van der Waals surface area (Å²) in [6.07, 6.45) is 1.85. The van der Waals surface area contributed by atoms with Crippen LogP contribution >= 0.6 is 23.2 Å². The van der Waals surface area contributed by atoms with Crippen molar-refractivity contribution in [3.63, 3.8) is 0 Å². The monoisotopic (exact) mass is 465 g/mol. The summed E-state index contributed by atoms with van der Waals surface area (Å²) in [5.74, 6) is 0.794. The zero-order valence-electron chi connectivity index (χ0n) is 18.4. The molecule has 1 aliphatic heterocycles. The summed E-state index contributed by atoms with van der Waals surface area (Å²) in [6.45, 7) is 7.29. The maximum Gasteiger partial charge on any atom is 0.259 e. The van der Waals surface area contributed by atoms with Gasteiger partial charge >= 0.3 is 0 Å². The summed E-state index contributed by atoms with van der Waals surface area (Å²) < 4.78 is 5.90. The normalized spacial score (nSPS) is 14.4. The maximum absolute atomic E-state index is 13.2. The highest BCUT2D eigenvalue weighted by molar-refractivity contribution is 6.38. The third-order valence-electron chi connectivity index (χ3n) is 5.34. The van der Waals surface area contributed by atoms with Crippen molar-refractivity contribution in [2.75, 3.05) is 11.4 Å². The van der Waals surface area contributed by atoms with E-state index >= 15 is 0 Å². The molecule has 0 radical (unpaired) electrons. The third kappa shape index (κ3) is 4.69. The number of anilines is 1. The van der Waals surface area contributed by atoms with Crippen LogP contribution in [0.2, 0.25) is 10.0 Å². The molecule has 0 saturated heterocycles. The number of benzene rings is 3. The Labute approximate surface area is 199 Å². The van der Waals surface area contributed by atoms with Crippen molar-refractivity contribution in [2.24, 2.45) is 5.92 Å². The number of amides is 1. The molecule has 0 aliphatic carbocycles. The minimum absolute atomic E-state index is 0.00755. The summed E-state index contributed by atoms with van der Waals surface area (Å²) in [5, 5.41) is 0.823. The predicted octanol–water partition coefficient (Wildman–Crippen LogP) is 7.42. The van der Waals surface area contributed by atoms with Crippen LogP contribution in [-0.2, 0) is 11.4 Å². The molecule has 32 heavy (non-hydrogen) atoms. The molecule has 4 rings (SSSR count). The standard InChI is InChI=1S/C27H25Cl2NO2/c1-17(2)15-30-25-7-5-4-6-21(25)22(27(30)31)12-20-13-23(28)26(24(29)14-20)32-16-19-10-8-18(3)9-11-19/h4-14,17H,15-16H2,1-3H3/b22-12-. The number of aryl methyl sites for hydroxylation is 1. The van der Waals surface area contributed by atoms with Gasteiger partial charge in [-0.05, 0) is 48.2 Å². The minimum Gasteiger partial charge on any atom is -0.486 e. The summed E-state index contributed by atoms with van der Waals surface area (Å²) in [6, 6.07) is 19.5. The zero-order chi connectivity index (χ0) is 22.8. The molecule has 3 aromatic rings. The van der Waals surface area contributed by atoms with Gasteiger partial charge < -0.3 is 9.64 Å². The van der Waals surface area contributed by atoms with Gasteiger partial charge in [-0.3, -0.25) is 4.79 Å². The fourth-order valence-corrected chi connectivity index (χ4v) is 4.41. The number of hydrogen-bond acceptors (Lipinski definition) is 2. The van der Waals surface area contributed by atoms with Crippen molar-refractivity contribution >= 4 is 46.4 Å². The van der Waals surface area contributed by atoms with E-state index in [-0.39, 0.29) is 5.91 Å². The molecule has 0 saturated carbocycles. The molecule has 0 bridgehead atoms. The molecule has 0 unspecified atom stereocenters. The molecular weight excluding hydrogens is 441 g/mol. The van der Waals surface area contributed by atoms with Crippen molar-refractivity contribution in [3.8, 4) is 5.75 Å². The van der Waals surface area contributed by atoms with Crippen LogP contribution in [0.1, 0.15) is 36.1 Å². The largest absolute Gasteiger partial charge is 0.486 e. The Kier molecular flexibility index (Phi) is 6.59. The van der Waals surface area contributed by atoms with Crippen molar-refractivity contribution < 1.29 is 9.53 Å². The van der Waals surface area contributed by atoms with E-state index < -0.39 is 0 Å². The molecule has 3 aromatic carbocycles. The first-order chi connectivity index (χ1) is 15.3. The highest BCUT2D eigenvalue weighted by atomic mass is 35.5. The van der Waals surface area contributed by atoms with Gasteiger partial charge in [0, 0.05) is 17.7 Å². The number of halogens is 2. The van der Waals surface area contributed by atoms with E-state index in [0.29, 0.717) is 40.4 Å². The van der Waals surface area contributed by atoms with Gasteiger partial charge in [0.15, 0.2) is 5.75 Å². The van der Waals surface area contributed by atoms with E-state index in [1.807, 2.05) is 66.4 Å². The Morgan fingerprint density at radius 1 is 1.00 bits per heavy atom. The van der Waals surface area contributed by atoms with E-state index in [4.69, 9.17) is 27.9 Å². The molecule has 0 N–H and O–H groups in total. The van der Waals surface area contributed by atoms with Gasteiger partial charge in [-0.2, -0.15) is 0 Å². The molecule has 164 valence electrons. The first-order valence-corrected chi connectivity index (χ1v) is 11.4. The second-order valence-corrected chi connectivity index (χ2v) is 9.29. The summed E-state index contributed by atoms with van der Waals surface area (Å²) >= 11 is 13.0. The van der Waals surface area contributed by atoms with Gasteiger partial charge in [-0.15, -0.1) is 0 Å². The third-order valence-corrected chi connectivity index (χ3v) is 5.91. The first kappa shape index (κ1) is 22.4. The van der Waals surface area contributed by atoms with Gasteiger partial charge in [0.25, 0.3) is 5.91 Å². The molecule has 0 atom stereocenters. The minimum atomic E-state index is -0.00755. The van der Waals surface area contributed by atoms with Gasteiger partial charge in [0.2, 0.25) is 0 Å².